The second kappa shape index (κ2) is 13.4. The number of carbonyl (C=O) groups is 1. The van der Waals surface area contributed by atoms with E-state index in [4.69, 9.17) is 9.41 Å². The Bertz CT molecular complexity index is 819. The van der Waals surface area contributed by atoms with Gasteiger partial charge >= 0.3 is 0 Å². The van der Waals surface area contributed by atoms with Crippen LogP contribution in [-0.2, 0) is 24.4 Å². The smallest absolute Gasteiger partial charge is 0.241 e. The number of amides is 1. The fourth-order valence-corrected chi connectivity index (χ4v) is 3.62. The fraction of sp³-hybridized carbons (Fsp3) is 0.478. The number of hydrogen-bond acceptors (Lipinski definition) is 4. The van der Waals surface area contributed by atoms with E-state index < -0.39 is 0 Å². The maximum atomic E-state index is 12.3. The zero-order chi connectivity index (χ0) is 21.2. The molecule has 0 radical (unpaired) electrons. The van der Waals surface area contributed by atoms with Crippen molar-refractivity contribution in [2.45, 2.75) is 39.4 Å². The van der Waals surface area contributed by atoms with E-state index >= 15 is 0 Å². The van der Waals surface area contributed by atoms with Gasteiger partial charge in [-0.2, -0.15) is 0 Å². The van der Waals surface area contributed by atoms with Gasteiger partial charge in [-0.05, 0) is 50.1 Å². The van der Waals surface area contributed by atoms with Crippen LogP contribution in [0.15, 0.2) is 52.1 Å². The van der Waals surface area contributed by atoms with Crippen LogP contribution in [-0.4, -0.2) is 54.9 Å². The van der Waals surface area contributed by atoms with Gasteiger partial charge in [-0.3, -0.25) is 9.69 Å². The maximum absolute atomic E-state index is 12.3. The molecule has 1 aromatic carbocycles. The predicted molar refractivity (Wildman–Crippen MR) is 134 cm³/mol. The number of furan rings is 1. The molecule has 2 heterocycles. The molecule has 3 rings (SSSR count). The molecule has 31 heavy (non-hydrogen) atoms. The minimum absolute atomic E-state index is 0. The second-order valence-corrected chi connectivity index (χ2v) is 7.66. The molecule has 1 aliphatic heterocycles. The van der Waals surface area contributed by atoms with Crippen molar-refractivity contribution in [3.63, 3.8) is 0 Å². The summed E-state index contributed by atoms with van der Waals surface area (Å²) in [6.45, 7) is 6.91. The average molecular weight is 539 g/mol. The Kier molecular flexibility index (Phi) is 10.9. The Balaban J connectivity index is 0.00000341. The summed E-state index contributed by atoms with van der Waals surface area (Å²) in [5.41, 5.74) is 2.41. The summed E-state index contributed by atoms with van der Waals surface area (Å²) < 4.78 is 5.45. The number of aliphatic imine (C=N–C) groups is 1. The first-order valence-corrected chi connectivity index (χ1v) is 10.7. The summed E-state index contributed by atoms with van der Waals surface area (Å²) in [7, 11) is 2.08. The Morgan fingerprint density at radius 1 is 1.10 bits per heavy atom. The normalized spacial score (nSPS) is 13.9. The number of nitrogens with one attached hydrogen (secondary N) is 2. The van der Waals surface area contributed by atoms with Crippen molar-refractivity contribution >= 4 is 35.8 Å². The highest BCUT2D eigenvalue weighted by Crippen LogP contribution is 2.14. The van der Waals surface area contributed by atoms with E-state index in [1.54, 1.807) is 6.26 Å². The molecule has 0 saturated carbocycles. The topological polar surface area (TPSA) is 73.1 Å². The molecule has 1 aromatic heterocycles. The third kappa shape index (κ3) is 8.17. The molecule has 1 fully saturated rings. The number of benzene rings is 1. The maximum Gasteiger partial charge on any atom is 0.241 e. The number of rotatable bonds is 9. The molecular formula is C23H34IN5O2. The Labute approximate surface area is 202 Å². The van der Waals surface area contributed by atoms with Crippen LogP contribution >= 0.6 is 24.0 Å². The minimum Gasteiger partial charge on any atom is -0.468 e. The molecule has 7 nitrogen and oxygen atoms in total. The average Bonchev–Trinajstić information content (AvgIpc) is 3.45. The second-order valence-electron chi connectivity index (χ2n) is 7.66. The van der Waals surface area contributed by atoms with Gasteiger partial charge in [0.15, 0.2) is 5.96 Å². The summed E-state index contributed by atoms with van der Waals surface area (Å²) in [5, 5.41) is 6.42. The molecule has 0 bridgehead atoms. The van der Waals surface area contributed by atoms with Crippen molar-refractivity contribution in [3.05, 3.63) is 59.5 Å². The van der Waals surface area contributed by atoms with Crippen molar-refractivity contribution in [2.24, 2.45) is 4.99 Å². The minimum atomic E-state index is 0. The molecule has 170 valence electrons. The lowest BCUT2D eigenvalue weighted by atomic mass is 10.1. The monoisotopic (exact) mass is 539 g/mol. The van der Waals surface area contributed by atoms with Gasteiger partial charge in [0.1, 0.15) is 5.76 Å². The van der Waals surface area contributed by atoms with Crippen molar-refractivity contribution in [1.29, 1.82) is 0 Å². The first-order chi connectivity index (χ1) is 14.7. The quantitative estimate of drug-likeness (QED) is 0.291. The zero-order valence-electron chi connectivity index (χ0n) is 18.5. The SMILES string of the molecule is CCNC(=NCc1ccccc1CN(C)Cc1ccco1)NCC(=O)N1CCCC1.I. The van der Waals surface area contributed by atoms with E-state index in [0.29, 0.717) is 12.5 Å². The fourth-order valence-electron chi connectivity index (χ4n) is 3.62. The van der Waals surface area contributed by atoms with Gasteiger partial charge < -0.3 is 20.0 Å². The highest BCUT2D eigenvalue weighted by molar-refractivity contribution is 14.0. The highest BCUT2D eigenvalue weighted by Gasteiger charge is 2.17. The van der Waals surface area contributed by atoms with Crippen LogP contribution < -0.4 is 10.6 Å². The lowest BCUT2D eigenvalue weighted by Crippen LogP contribution is -2.44. The number of halogens is 1. The van der Waals surface area contributed by atoms with Gasteiger partial charge in [-0.15, -0.1) is 24.0 Å². The summed E-state index contributed by atoms with van der Waals surface area (Å²) in [6, 6.07) is 12.2. The van der Waals surface area contributed by atoms with Crippen molar-refractivity contribution < 1.29 is 9.21 Å². The van der Waals surface area contributed by atoms with Crippen LogP contribution in [0.3, 0.4) is 0 Å². The molecule has 0 unspecified atom stereocenters. The van der Waals surface area contributed by atoms with E-state index in [1.165, 1.54) is 11.1 Å². The standard InChI is InChI=1S/C23H33N5O2.HI/c1-3-24-23(26-16-22(29)28-12-6-7-13-28)25-15-19-9-4-5-10-20(19)17-27(2)18-21-11-8-14-30-21;/h4-5,8-11,14H,3,6-7,12-13,15-18H2,1-2H3,(H2,24,25,26);1H. The van der Waals surface area contributed by atoms with Gasteiger partial charge in [0.2, 0.25) is 5.91 Å². The summed E-state index contributed by atoms with van der Waals surface area (Å²) >= 11 is 0. The van der Waals surface area contributed by atoms with E-state index in [9.17, 15) is 4.79 Å². The van der Waals surface area contributed by atoms with Gasteiger partial charge in [-0.1, -0.05) is 24.3 Å². The Morgan fingerprint density at radius 2 is 1.84 bits per heavy atom. The molecule has 2 N–H and O–H groups in total. The summed E-state index contributed by atoms with van der Waals surface area (Å²) in [4.78, 5) is 21.2. The van der Waals surface area contributed by atoms with Crippen LogP contribution in [0.1, 0.15) is 36.7 Å². The van der Waals surface area contributed by atoms with Gasteiger partial charge in [-0.25, -0.2) is 4.99 Å². The molecule has 0 aliphatic carbocycles. The molecule has 2 aromatic rings. The highest BCUT2D eigenvalue weighted by atomic mass is 127. The Hall–Kier alpha value is -2.07. The van der Waals surface area contributed by atoms with E-state index in [0.717, 1.165) is 51.3 Å². The van der Waals surface area contributed by atoms with Crippen LogP contribution in [0.4, 0.5) is 0 Å². The van der Waals surface area contributed by atoms with Gasteiger partial charge in [0, 0.05) is 26.2 Å². The number of hydrogen-bond donors (Lipinski definition) is 2. The molecule has 0 atom stereocenters. The molecule has 8 heteroatoms. The first kappa shape index (κ1) is 25.2. The molecule has 0 spiro atoms. The molecule has 1 aliphatic rings. The number of likely N-dealkylation sites (tertiary alicyclic amines) is 1. The lowest BCUT2D eigenvalue weighted by Gasteiger charge is -2.18. The van der Waals surface area contributed by atoms with Gasteiger partial charge in [0.25, 0.3) is 0 Å². The van der Waals surface area contributed by atoms with Crippen LogP contribution in [0, 0.1) is 0 Å². The van der Waals surface area contributed by atoms with Crippen molar-refractivity contribution in [3.8, 4) is 0 Å². The summed E-state index contributed by atoms with van der Waals surface area (Å²) in [6.07, 6.45) is 3.91. The van der Waals surface area contributed by atoms with E-state index in [-0.39, 0.29) is 36.4 Å². The number of carbonyl (C=O) groups excluding carboxylic acids is 1. The van der Waals surface area contributed by atoms with Crippen molar-refractivity contribution in [1.82, 2.24) is 20.4 Å². The van der Waals surface area contributed by atoms with E-state index in [1.807, 2.05) is 30.0 Å². The summed E-state index contributed by atoms with van der Waals surface area (Å²) in [5.74, 6) is 1.76. The molecule has 1 amide bonds. The largest absolute Gasteiger partial charge is 0.468 e. The molecule has 1 saturated heterocycles. The number of nitrogens with zero attached hydrogens (tertiary/aromatic N) is 3. The zero-order valence-corrected chi connectivity index (χ0v) is 20.8. The number of guanidine groups is 1. The lowest BCUT2D eigenvalue weighted by molar-refractivity contribution is -0.128. The van der Waals surface area contributed by atoms with Crippen molar-refractivity contribution in [2.75, 3.05) is 33.2 Å². The predicted octanol–water partition coefficient (Wildman–Crippen LogP) is 3.21. The third-order valence-electron chi connectivity index (χ3n) is 5.18. The van der Waals surface area contributed by atoms with Crippen LogP contribution in [0.2, 0.25) is 0 Å². The van der Waals surface area contributed by atoms with Crippen LogP contribution in [0.5, 0.6) is 0 Å². The van der Waals surface area contributed by atoms with E-state index in [2.05, 4.69) is 40.8 Å². The third-order valence-corrected chi connectivity index (χ3v) is 5.18. The molecular weight excluding hydrogens is 505 g/mol. The van der Waals surface area contributed by atoms with Gasteiger partial charge in [0.05, 0.1) is 25.9 Å². The Morgan fingerprint density at radius 3 is 2.52 bits per heavy atom. The first-order valence-electron chi connectivity index (χ1n) is 10.7. The van der Waals surface area contributed by atoms with Crippen LogP contribution in [0.25, 0.3) is 0 Å².